The average Bonchev–Trinajstić information content (AvgIpc) is 2.70. The highest BCUT2D eigenvalue weighted by molar-refractivity contribution is 6.08. The van der Waals surface area contributed by atoms with Crippen LogP contribution in [0.5, 0.6) is 0 Å². The van der Waals surface area contributed by atoms with Gasteiger partial charge in [-0.1, -0.05) is 12.1 Å². The number of benzene rings is 1. The molecule has 6 nitrogen and oxygen atoms in total. The van der Waals surface area contributed by atoms with Gasteiger partial charge < -0.3 is 11.1 Å². The minimum absolute atomic E-state index is 0.0460. The van der Waals surface area contributed by atoms with Gasteiger partial charge in [0.2, 0.25) is 0 Å². The summed E-state index contributed by atoms with van der Waals surface area (Å²) in [5.74, 6) is -2.05. The number of aryl methyl sites for hydroxylation is 1. The minimum atomic E-state index is -0.733. The molecule has 98 valence electrons. The maximum atomic E-state index is 13.4. The van der Waals surface area contributed by atoms with E-state index in [4.69, 9.17) is 5.73 Å². The van der Waals surface area contributed by atoms with Crippen LogP contribution in [-0.4, -0.2) is 21.6 Å². The van der Waals surface area contributed by atoms with Crippen molar-refractivity contribution in [2.45, 2.75) is 0 Å². The first kappa shape index (κ1) is 12.7. The Morgan fingerprint density at radius 3 is 2.68 bits per heavy atom. The van der Waals surface area contributed by atoms with Crippen LogP contribution < -0.4 is 11.1 Å². The van der Waals surface area contributed by atoms with Crippen LogP contribution in [0.15, 0.2) is 30.5 Å². The van der Waals surface area contributed by atoms with Gasteiger partial charge >= 0.3 is 0 Å². The zero-order chi connectivity index (χ0) is 14.0. The van der Waals surface area contributed by atoms with E-state index in [1.54, 1.807) is 0 Å². The number of halogens is 1. The van der Waals surface area contributed by atoms with Gasteiger partial charge in [0, 0.05) is 7.05 Å². The Balaban J connectivity index is 2.30. The minimum Gasteiger partial charge on any atom is -0.364 e. The number of hydrogen-bond donors (Lipinski definition) is 2. The number of hydrogen-bond acceptors (Lipinski definition) is 3. The predicted molar refractivity (Wildman–Crippen MR) is 66.1 cm³/mol. The van der Waals surface area contributed by atoms with Gasteiger partial charge in [0.15, 0.2) is 0 Å². The summed E-state index contributed by atoms with van der Waals surface area (Å²) in [5.41, 5.74) is 5.24. The summed E-state index contributed by atoms with van der Waals surface area (Å²) in [6, 6.07) is 5.53. The van der Waals surface area contributed by atoms with E-state index in [0.29, 0.717) is 0 Å². The number of aromatic nitrogens is 2. The maximum absolute atomic E-state index is 13.4. The molecule has 0 unspecified atom stereocenters. The summed E-state index contributed by atoms with van der Waals surface area (Å²) in [6.07, 6.45) is 1.28. The molecule has 1 heterocycles. The molecule has 0 aliphatic carbocycles. The molecule has 3 N–H and O–H groups in total. The SMILES string of the molecule is Cn1ncc(NC(=O)c2ccccc2F)c1C(N)=O. The van der Waals surface area contributed by atoms with Gasteiger partial charge in [-0.2, -0.15) is 5.10 Å². The fourth-order valence-corrected chi connectivity index (χ4v) is 1.66. The molecule has 0 radical (unpaired) electrons. The number of carbonyl (C=O) groups excluding carboxylic acids is 2. The van der Waals surface area contributed by atoms with Crippen molar-refractivity contribution in [1.82, 2.24) is 9.78 Å². The van der Waals surface area contributed by atoms with Crippen LogP contribution in [-0.2, 0) is 7.05 Å². The number of primary amides is 1. The number of rotatable bonds is 3. The summed E-state index contributed by atoms with van der Waals surface area (Å²) < 4.78 is 14.7. The first-order valence-electron chi connectivity index (χ1n) is 5.38. The second-order valence-corrected chi connectivity index (χ2v) is 3.83. The highest BCUT2D eigenvalue weighted by atomic mass is 19.1. The molecule has 1 aromatic heterocycles. The van der Waals surface area contributed by atoms with E-state index in [2.05, 4.69) is 10.4 Å². The summed E-state index contributed by atoms with van der Waals surface area (Å²) in [7, 11) is 1.51. The van der Waals surface area contributed by atoms with Gasteiger partial charge in [-0.05, 0) is 12.1 Å². The van der Waals surface area contributed by atoms with Crippen molar-refractivity contribution in [1.29, 1.82) is 0 Å². The Bertz CT molecular complexity index is 651. The summed E-state index contributed by atoms with van der Waals surface area (Å²) in [4.78, 5) is 23.1. The van der Waals surface area contributed by atoms with Crippen LogP contribution in [0.3, 0.4) is 0 Å². The number of nitrogens with one attached hydrogen (secondary N) is 1. The van der Waals surface area contributed by atoms with Crippen LogP contribution in [0.25, 0.3) is 0 Å². The fourth-order valence-electron chi connectivity index (χ4n) is 1.66. The third-order valence-electron chi connectivity index (χ3n) is 2.54. The standard InChI is InChI=1S/C12H11FN4O2/c1-17-10(11(14)18)9(6-15-17)16-12(19)7-4-2-3-5-8(7)13/h2-6H,1H3,(H2,14,18)(H,16,19). The van der Waals surface area contributed by atoms with E-state index < -0.39 is 17.6 Å². The molecular weight excluding hydrogens is 251 g/mol. The van der Waals surface area contributed by atoms with Crippen molar-refractivity contribution in [3.63, 3.8) is 0 Å². The summed E-state index contributed by atoms with van der Waals surface area (Å²) in [5, 5.41) is 6.22. The first-order valence-corrected chi connectivity index (χ1v) is 5.38. The van der Waals surface area contributed by atoms with Crippen LogP contribution in [0, 0.1) is 5.82 Å². The Hall–Kier alpha value is -2.70. The monoisotopic (exact) mass is 262 g/mol. The number of nitrogens with zero attached hydrogens (tertiary/aromatic N) is 2. The van der Waals surface area contributed by atoms with E-state index in [-0.39, 0.29) is 16.9 Å². The molecule has 0 atom stereocenters. The smallest absolute Gasteiger partial charge is 0.269 e. The van der Waals surface area contributed by atoms with Crippen molar-refractivity contribution in [2.24, 2.45) is 12.8 Å². The summed E-state index contributed by atoms with van der Waals surface area (Å²) in [6.45, 7) is 0. The normalized spacial score (nSPS) is 10.2. The predicted octanol–water partition coefficient (Wildman–Crippen LogP) is 0.910. The fraction of sp³-hybridized carbons (Fsp3) is 0.0833. The second-order valence-electron chi connectivity index (χ2n) is 3.83. The molecule has 0 aliphatic rings. The lowest BCUT2D eigenvalue weighted by molar-refractivity contribution is 0.0992. The van der Waals surface area contributed by atoms with E-state index in [1.165, 1.54) is 42.2 Å². The van der Waals surface area contributed by atoms with Crippen LogP contribution in [0.2, 0.25) is 0 Å². The third-order valence-corrected chi connectivity index (χ3v) is 2.54. The third kappa shape index (κ3) is 2.44. The van der Waals surface area contributed by atoms with Gasteiger partial charge in [0.1, 0.15) is 11.5 Å². The van der Waals surface area contributed by atoms with Crippen LogP contribution in [0.4, 0.5) is 10.1 Å². The zero-order valence-electron chi connectivity index (χ0n) is 10.1. The molecule has 7 heteroatoms. The van der Waals surface area contributed by atoms with Crippen molar-refractivity contribution in [3.8, 4) is 0 Å². The van der Waals surface area contributed by atoms with Gasteiger partial charge in [0.25, 0.3) is 11.8 Å². The van der Waals surface area contributed by atoms with Crippen molar-refractivity contribution >= 4 is 17.5 Å². The molecule has 0 fully saturated rings. The average molecular weight is 262 g/mol. The number of anilines is 1. The quantitative estimate of drug-likeness (QED) is 0.861. The topological polar surface area (TPSA) is 90.0 Å². The Morgan fingerprint density at radius 1 is 1.37 bits per heavy atom. The van der Waals surface area contributed by atoms with Crippen LogP contribution >= 0.6 is 0 Å². The van der Waals surface area contributed by atoms with Crippen molar-refractivity contribution < 1.29 is 14.0 Å². The molecule has 0 saturated heterocycles. The Labute approximate surface area is 108 Å². The second kappa shape index (κ2) is 4.89. The molecule has 0 aliphatic heterocycles. The van der Waals surface area contributed by atoms with Crippen molar-refractivity contribution in [2.75, 3.05) is 5.32 Å². The largest absolute Gasteiger partial charge is 0.364 e. The molecular formula is C12H11FN4O2. The van der Waals surface area contributed by atoms with E-state index >= 15 is 0 Å². The Morgan fingerprint density at radius 2 is 2.05 bits per heavy atom. The van der Waals surface area contributed by atoms with Gasteiger partial charge in [-0.15, -0.1) is 0 Å². The lowest BCUT2D eigenvalue weighted by Gasteiger charge is -2.05. The van der Waals surface area contributed by atoms with E-state index in [9.17, 15) is 14.0 Å². The Kier molecular flexibility index (Phi) is 3.28. The lowest BCUT2D eigenvalue weighted by atomic mass is 10.2. The summed E-state index contributed by atoms with van der Waals surface area (Å²) >= 11 is 0. The number of amides is 2. The number of nitrogens with two attached hydrogens (primary N) is 1. The van der Waals surface area contributed by atoms with Crippen molar-refractivity contribution in [3.05, 3.63) is 47.5 Å². The first-order chi connectivity index (χ1) is 9.00. The van der Waals surface area contributed by atoms with Gasteiger partial charge in [-0.25, -0.2) is 4.39 Å². The van der Waals surface area contributed by atoms with E-state index in [1.807, 2.05) is 0 Å². The lowest BCUT2D eigenvalue weighted by Crippen LogP contribution is -2.20. The molecule has 2 amide bonds. The van der Waals surface area contributed by atoms with E-state index in [0.717, 1.165) is 0 Å². The highest BCUT2D eigenvalue weighted by Gasteiger charge is 2.18. The van der Waals surface area contributed by atoms with Gasteiger partial charge in [-0.3, -0.25) is 14.3 Å². The van der Waals surface area contributed by atoms with Crippen LogP contribution in [0.1, 0.15) is 20.8 Å². The molecule has 2 rings (SSSR count). The molecule has 0 saturated carbocycles. The van der Waals surface area contributed by atoms with Gasteiger partial charge in [0.05, 0.1) is 17.4 Å². The highest BCUT2D eigenvalue weighted by Crippen LogP contribution is 2.15. The maximum Gasteiger partial charge on any atom is 0.269 e. The molecule has 19 heavy (non-hydrogen) atoms. The zero-order valence-corrected chi connectivity index (χ0v) is 10.1. The number of carbonyl (C=O) groups is 2. The molecule has 1 aromatic carbocycles. The molecule has 0 spiro atoms. The molecule has 2 aromatic rings. The molecule has 0 bridgehead atoms.